The fourth-order valence-electron chi connectivity index (χ4n) is 4.79. The van der Waals surface area contributed by atoms with Crippen molar-refractivity contribution in [2.45, 2.75) is 58.0 Å². The molecule has 0 aromatic heterocycles. The molecule has 0 radical (unpaired) electrons. The Morgan fingerprint density at radius 1 is 1.05 bits per heavy atom. The van der Waals surface area contributed by atoms with Gasteiger partial charge in [-0.1, -0.05) is 11.6 Å². The fourth-order valence-corrected chi connectivity index (χ4v) is 5.01. The molecule has 2 aliphatic rings. The van der Waals surface area contributed by atoms with Gasteiger partial charge in [0.25, 0.3) is 0 Å². The number of amides is 2. The normalized spacial score (nSPS) is 20.1. The number of carbonyl (C=O) groups is 2. The van der Waals surface area contributed by atoms with E-state index in [1.54, 1.807) is 42.2 Å². The van der Waals surface area contributed by atoms with E-state index in [4.69, 9.17) is 16.3 Å². The summed E-state index contributed by atoms with van der Waals surface area (Å²) in [5.41, 5.74) is 1.69. The lowest BCUT2D eigenvalue weighted by Crippen LogP contribution is -2.49. The molecule has 0 aliphatic carbocycles. The first kappa shape index (κ1) is 26.9. The predicted molar refractivity (Wildman–Crippen MR) is 134 cm³/mol. The lowest BCUT2D eigenvalue weighted by atomic mass is 10.0. The molecular formula is C26H29ClF3N3O4. The Bertz CT molecular complexity index is 1160. The number of benzene rings is 2. The van der Waals surface area contributed by atoms with Crippen LogP contribution in [0.3, 0.4) is 0 Å². The van der Waals surface area contributed by atoms with Crippen LogP contribution in [0.2, 0.25) is 5.02 Å². The van der Waals surface area contributed by atoms with E-state index in [0.29, 0.717) is 54.5 Å². The first-order chi connectivity index (χ1) is 17.5. The Labute approximate surface area is 218 Å². The van der Waals surface area contributed by atoms with E-state index >= 15 is 0 Å². The Balaban J connectivity index is 1.35. The monoisotopic (exact) mass is 539 g/mol. The van der Waals surface area contributed by atoms with Crippen molar-refractivity contribution in [2.75, 3.05) is 29.9 Å². The Kier molecular flexibility index (Phi) is 8.06. The minimum absolute atomic E-state index is 0.118. The van der Waals surface area contributed by atoms with E-state index < -0.39 is 12.4 Å². The summed E-state index contributed by atoms with van der Waals surface area (Å²) < 4.78 is 47.7. The van der Waals surface area contributed by atoms with Crippen LogP contribution in [-0.4, -0.2) is 54.9 Å². The summed E-state index contributed by atoms with van der Waals surface area (Å²) in [5.74, 6) is -0.111. The Hall–Kier alpha value is -3.14. The summed E-state index contributed by atoms with van der Waals surface area (Å²) in [4.78, 5) is 28.3. The highest BCUT2D eigenvalue weighted by Crippen LogP contribution is 2.33. The largest absolute Gasteiger partial charge is 0.573 e. The highest BCUT2D eigenvalue weighted by atomic mass is 35.5. The molecule has 2 aromatic carbocycles. The first-order valence-electron chi connectivity index (χ1n) is 12.2. The molecule has 7 nitrogen and oxygen atoms in total. The number of anilines is 2. The van der Waals surface area contributed by atoms with Gasteiger partial charge >= 0.3 is 6.36 Å². The average Bonchev–Trinajstić information content (AvgIpc) is 3.30. The zero-order valence-electron chi connectivity index (χ0n) is 20.6. The molecule has 1 N–H and O–H groups in total. The molecule has 2 atom stereocenters. The summed E-state index contributed by atoms with van der Waals surface area (Å²) in [6.07, 6.45) is -1.80. The molecule has 11 heteroatoms. The van der Waals surface area contributed by atoms with Gasteiger partial charge in [-0.25, -0.2) is 0 Å². The van der Waals surface area contributed by atoms with Crippen LogP contribution in [0.4, 0.5) is 24.5 Å². The Morgan fingerprint density at radius 3 is 2.49 bits per heavy atom. The smallest absolute Gasteiger partial charge is 0.487 e. The second kappa shape index (κ2) is 11.1. The van der Waals surface area contributed by atoms with Gasteiger partial charge in [0, 0.05) is 37.8 Å². The maximum absolute atomic E-state index is 12.8. The molecule has 0 unspecified atom stereocenters. The van der Waals surface area contributed by atoms with E-state index in [0.717, 1.165) is 18.5 Å². The number of likely N-dealkylation sites (tertiary alicyclic amines) is 1. The van der Waals surface area contributed by atoms with Crippen molar-refractivity contribution < 1.29 is 32.2 Å². The zero-order chi connectivity index (χ0) is 26.7. The van der Waals surface area contributed by atoms with Crippen LogP contribution in [0.5, 0.6) is 11.5 Å². The van der Waals surface area contributed by atoms with Crippen molar-refractivity contribution in [1.82, 2.24) is 4.90 Å². The van der Waals surface area contributed by atoms with Gasteiger partial charge in [0.2, 0.25) is 11.8 Å². The molecule has 0 spiro atoms. The zero-order valence-corrected chi connectivity index (χ0v) is 21.4. The summed E-state index contributed by atoms with van der Waals surface area (Å²) in [7, 11) is 0. The number of nitrogens with one attached hydrogen (secondary N) is 1. The summed E-state index contributed by atoms with van der Waals surface area (Å²) in [6.45, 7) is 4.82. The second-order valence-corrected chi connectivity index (χ2v) is 9.74. The van der Waals surface area contributed by atoms with Crippen molar-refractivity contribution >= 4 is 34.8 Å². The molecule has 0 bridgehead atoms. The van der Waals surface area contributed by atoms with Crippen molar-refractivity contribution in [3.8, 4) is 11.5 Å². The van der Waals surface area contributed by atoms with Gasteiger partial charge in [0.1, 0.15) is 23.6 Å². The third-order valence-electron chi connectivity index (χ3n) is 6.60. The van der Waals surface area contributed by atoms with Gasteiger partial charge in [-0.2, -0.15) is 0 Å². The molecule has 2 aromatic rings. The highest BCUT2D eigenvalue weighted by Gasteiger charge is 2.33. The SMILES string of the molecule is CC(=O)N1CCCC[C@@H]1C(=O)Nc1ccc(O[C@H]2CCN(c3ccc(OC(F)(F)F)c(C)c3)C2)c(Cl)c1. The summed E-state index contributed by atoms with van der Waals surface area (Å²) in [5, 5.41) is 3.19. The van der Waals surface area contributed by atoms with Crippen LogP contribution >= 0.6 is 11.6 Å². The average molecular weight is 540 g/mol. The van der Waals surface area contributed by atoms with Gasteiger partial charge in [-0.05, 0) is 68.1 Å². The molecule has 200 valence electrons. The van der Waals surface area contributed by atoms with Crippen LogP contribution in [0, 0.1) is 6.92 Å². The summed E-state index contributed by atoms with van der Waals surface area (Å²) in [6, 6.07) is 9.09. The van der Waals surface area contributed by atoms with Crippen LogP contribution in [-0.2, 0) is 9.59 Å². The number of rotatable bonds is 6. The first-order valence-corrected chi connectivity index (χ1v) is 12.5. The number of halogens is 4. The number of alkyl halides is 3. The third kappa shape index (κ3) is 6.80. The molecule has 2 fully saturated rings. The summed E-state index contributed by atoms with van der Waals surface area (Å²) >= 11 is 6.44. The minimum atomic E-state index is -4.73. The molecule has 37 heavy (non-hydrogen) atoms. The molecule has 2 aliphatic heterocycles. The predicted octanol–water partition coefficient (Wildman–Crippen LogP) is 5.54. The van der Waals surface area contributed by atoms with Crippen LogP contribution < -0.4 is 19.7 Å². The van der Waals surface area contributed by atoms with E-state index in [1.165, 1.54) is 13.0 Å². The van der Waals surface area contributed by atoms with Crippen LogP contribution in [0.25, 0.3) is 0 Å². The van der Waals surface area contributed by atoms with Gasteiger partial charge in [0.15, 0.2) is 0 Å². The number of piperidine rings is 1. The standard InChI is InChI=1S/C26H29ClF3N3O4/c1-16-13-19(7-9-23(16)37-26(28,29)30)32-12-10-20(15-32)36-24-8-6-18(14-21(24)27)31-25(35)22-5-3-4-11-33(22)17(2)34/h6-9,13-14,20,22H,3-5,10-12,15H2,1-2H3,(H,31,35)/t20-,22+/m0/s1. The molecule has 4 rings (SSSR count). The van der Waals surface area contributed by atoms with Crippen molar-refractivity contribution in [1.29, 1.82) is 0 Å². The number of carbonyl (C=O) groups excluding carboxylic acids is 2. The number of hydrogen-bond acceptors (Lipinski definition) is 5. The number of nitrogens with zero attached hydrogens (tertiary/aromatic N) is 2. The topological polar surface area (TPSA) is 71.1 Å². The maximum Gasteiger partial charge on any atom is 0.573 e. The Morgan fingerprint density at radius 2 is 1.81 bits per heavy atom. The van der Waals surface area contributed by atoms with Gasteiger partial charge in [-0.3, -0.25) is 9.59 Å². The van der Waals surface area contributed by atoms with Gasteiger partial charge < -0.3 is 24.6 Å². The van der Waals surface area contributed by atoms with Crippen LogP contribution in [0.1, 0.15) is 38.2 Å². The van der Waals surface area contributed by atoms with E-state index in [-0.39, 0.29) is 23.7 Å². The van der Waals surface area contributed by atoms with Crippen molar-refractivity contribution in [2.24, 2.45) is 0 Å². The van der Waals surface area contributed by atoms with E-state index in [1.807, 2.05) is 4.90 Å². The van der Waals surface area contributed by atoms with Gasteiger partial charge in [0.05, 0.1) is 11.6 Å². The minimum Gasteiger partial charge on any atom is -0.487 e. The fraction of sp³-hybridized carbons (Fsp3) is 0.462. The van der Waals surface area contributed by atoms with Gasteiger partial charge in [-0.15, -0.1) is 13.2 Å². The molecule has 2 heterocycles. The van der Waals surface area contributed by atoms with Crippen molar-refractivity contribution in [3.05, 3.63) is 47.0 Å². The highest BCUT2D eigenvalue weighted by molar-refractivity contribution is 6.32. The second-order valence-electron chi connectivity index (χ2n) is 9.33. The van der Waals surface area contributed by atoms with E-state index in [9.17, 15) is 22.8 Å². The maximum atomic E-state index is 12.8. The number of ether oxygens (including phenoxy) is 2. The number of aryl methyl sites for hydroxylation is 1. The number of hydrogen-bond donors (Lipinski definition) is 1. The molecular weight excluding hydrogens is 511 g/mol. The molecule has 2 amide bonds. The lowest BCUT2D eigenvalue weighted by molar-refractivity contribution is -0.274. The van der Waals surface area contributed by atoms with Crippen LogP contribution in [0.15, 0.2) is 36.4 Å². The van der Waals surface area contributed by atoms with Crippen molar-refractivity contribution in [3.63, 3.8) is 0 Å². The third-order valence-corrected chi connectivity index (χ3v) is 6.89. The molecule has 0 saturated carbocycles. The molecule has 2 saturated heterocycles. The quantitative estimate of drug-likeness (QED) is 0.521. The van der Waals surface area contributed by atoms with E-state index in [2.05, 4.69) is 10.1 Å². The lowest BCUT2D eigenvalue weighted by Gasteiger charge is -2.33.